The fraction of sp³-hybridized carbons (Fsp3) is 0.409. The summed E-state index contributed by atoms with van der Waals surface area (Å²) in [6.45, 7) is 1.43. The highest BCUT2D eigenvalue weighted by atomic mass is 19.4. The van der Waals surface area contributed by atoms with Gasteiger partial charge >= 0.3 is 6.18 Å². The van der Waals surface area contributed by atoms with E-state index in [1.54, 1.807) is 25.1 Å². The molecule has 0 radical (unpaired) electrons. The van der Waals surface area contributed by atoms with Crippen molar-refractivity contribution in [1.82, 2.24) is 10.3 Å². The van der Waals surface area contributed by atoms with E-state index in [0.717, 1.165) is 12.6 Å². The van der Waals surface area contributed by atoms with Gasteiger partial charge in [0, 0.05) is 17.3 Å². The zero-order valence-corrected chi connectivity index (χ0v) is 16.7. The number of nitriles is 1. The Morgan fingerprint density at radius 1 is 1.39 bits per heavy atom. The number of hydrogen-bond acceptors (Lipinski definition) is 5. The van der Waals surface area contributed by atoms with Crippen LogP contribution in [0.15, 0.2) is 36.5 Å². The molecule has 0 saturated heterocycles. The normalized spacial score (nSPS) is 21.3. The Morgan fingerprint density at radius 2 is 2.16 bits per heavy atom. The molecule has 6 nitrogen and oxygen atoms in total. The number of alkyl halides is 3. The van der Waals surface area contributed by atoms with Crippen LogP contribution in [0.3, 0.4) is 0 Å². The highest BCUT2D eigenvalue weighted by Crippen LogP contribution is 2.42. The molecular formula is C22H20F3N3O3. The second kappa shape index (κ2) is 7.76. The lowest BCUT2D eigenvalue weighted by molar-refractivity contribution is -0.142. The Morgan fingerprint density at radius 3 is 2.81 bits per heavy atom. The average molecular weight is 431 g/mol. The van der Waals surface area contributed by atoms with E-state index in [9.17, 15) is 23.2 Å². The summed E-state index contributed by atoms with van der Waals surface area (Å²) in [6, 6.07) is 9.72. The Hall–Kier alpha value is -3.28. The smallest absolute Gasteiger partial charge is 0.433 e. The van der Waals surface area contributed by atoms with Crippen molar-refractivity contribution in [2.24, 2.45) is 0 Å². The molecule has 4 rings (SSSR count). The standard InChI is InChI=1S/C22H20F3N3O3/c1-13-18(20(29)28-21(12-26)7-3-8-21)16-10-15(5-6-17(16)31-13)30-11-14-4-2-9-27-19(14)22(23,24)25/h2,4-6,9-10,13,18H,3,7-8,11H2,1H3,(H,28,29). The summed E-state index contributed by atoms with van der Waals surface area (Å²) < 4.78 is 50.8. The van der Waals surface area contributed by atoms with Crippen LogP contribution in [-0.4, -0.2) is 22.5 Å². The lowest BCUT2D eigenvalue weighted by atomic mass is 9.77. The first-order valence-electron chi connectivity index (χ1n) is 9.90. The van der Waals surface area contributed by atoms with Gasteiger partial charge in [0.15, 0.2) is 5.69 Å². The number of carbonyl (C=O) groups excluding carboxylic acids is 1. The third kappa shape index (κ3) is 4.02. The molecule has 1 amide bonds. The van der Waals surface area contributed by atoms with Crippen LogP contribution < -0.4 is 14.8 Å². The fourth-order valence-corrected chi connectivity index (χ4v) is 3.92. The maximum Gasteiger partial charge on any atom is 0.433 e. The first-order valence-corrected chi connectivity index (χ1v) is 9.90. The number of amides is 1. The quantitative estimate of drug-likeness (QED) is 0.770. The Labute approximate surface area is 177 Å². The molecule has 31 heavy (non-hydrogen) atoms. The monoisotopic (exact) mass is 431 g/mol. The van der Waals surface area contributed by atoms with Crippen LogP contribution in [0.4, 0.5) is 13.2 Å². The second-order valence-electron chi connectivity index (χ2n) is 7.83. The molecule has 9 heteroatoms. The largest absolute Gasteiger partial charge is 0.489 e. The predicted molar refractivity (Wildman–Crippen MR) is 103 cm³/mol. The van der Waals surface area contributed by atoms with E-state index in [4.69, 9.17) is 9.47 Å². The highest BCUT2D eigenvalue weighted by molar-refractivity contribution is 5.87. The maximum atomic E-state index is 13.1. The molecule has 162 valence electrons. The zero-order valence-electron chi connectivity index (χ0n) is 16.7. The molecule has 1 aliphatic carbocycles. The molecule has 2 aliphatic rings. The van der Waals surface area contributed by atoms with Crippen molar-refractivity contribution in [2.75, 3.05) is 0 Å². The lowest BCUT2D eigenvalue weighted by Gasteiger charge is -2.36. The minimum atomic E-state index is -4.58. The van der Waals surface area contributed by atoms with Crippen molar-refractivity contribution >= 4 is 5.91 Å². The molecule has 1 aromatic carbocycles. The van der Waals surface area contributed by atoms with Crippen molar-refractivity contribution in [3.63, 3.8) is 0 Å². The van der Waals surface area contributed by atoms with Crippen LogP contribution in [0.5, 0.6) is 11.5 Å². The first kappa shape index (κ1) is 21.0. The predicted octanol–water partition coefficient (Wildman–Crippen LogP) is 4.11. The van der Waals surface area contributed by atoms with E-state index in [1.165, 1.54) is 12.1 Å². The SMILES string of the molecule is CC1Oc2ccc(OCc3cccnc3C(F)(F)F)cc2C1C(=O)NC1(C#N)CCC1. The molecule has 1 aliphatic heterocycles. The van der Waals surface area contributed by atoms with Crippen LogP contribution in [0.2, 0.25) is 0 Å². The number of pyridine rings is 1. The minimum Gasteiger partial charge on any atom is -0.489 e. The molecule has 1 saturated carbocycles. The Balaban J connectivity index is 1.52. The maximum absolute atomic E-state index is 13.1. The molecule has 2 aromatic rings. The molecule has 2 heterocycles. The number of aromatic nitrogens is 1. The van der Waals surface area contributed by atoms with Gasteiger partial charge in [-0.2, -0.15) is 18.4 Å². The molecule has 1 N–H and O–H groups in total. The van der Waals surface area contributed by atoms with E-state index >= 15 is 0 Å². The Bertz CT molecular complexity index is 1040. The number of ether oxygens (including phenoxy) is 2. The van der Waals surface area contributed by atoms with Gasteiger partial charge in [0.05, 0.1) is 6.07 Å². The van der Waals surface area contributed by atoms with Gasteiger partial charge in [-0.25, -0.2) is 0 Å². The zero-order chi connectivity index (χ0) is 22.2. The van der Waals surface area contributed by atoms with Gasteiger partial charge in [0.25, 0.3) is 0 Å². The highest BCUT2D eigenvalue weighted by Gasteiger charge is 2.44. The second-order valence-corrected chi connectivity index (χ2v) is 7.83. The van der Waals surface area contributed by atoms with Crippen LogP contribution in [0, 0.1) is 11.3 Å². The molecule has 0 spiro atoms. The first-order chi connectivity index (χ1) is 14.7. The third-order valence-electron chi connectivity index (χ3n) is 5.72. The van der Waals surface area contributed by atoms with Gasteiger partial charge in [-0.05, 0) is 50.5 Å². The van der Waals surface area contributed by atoms with Gasteiger partial charge in [-0.15, -0.1) is 0 Å². The van der Waals surface area contributed by atoms with E-state index < -0.39 is 29.4 Å². The Kier molecular flexibility index (Phi) is 5.25. The summed E-state index contributed by atoms with van der Waals surface area (Å²) >= 11 is 0. The van der Waals surface area contributed by atoms with E-state index in [0.29, 0.717) is 29.9 Å². The number of benzene rings is 1. The molecule has 0 bridgehead atoms. The number of fused-ring (bicyclic) bond motifs is 1. The molecular weight excluding hydrogens is 411 g/mol. The van der Waals surface area contributed by atoms with Crippen LogP contribution in [0.25, 0.3) is 0 Å². The molecule has 2 unspecified atom stereocenters. The van der Waals surface area contributed by atoms with Crippen LogP contribution in [-0.2, 0) is 17.6 Å². The summed E-state index contributed by atoms with van der Waals surface area (Å²) in [5.74, 6) is -0.133. The van der Waals surface area contributed by atoms with Crippen molar-refractivity contribution in [2.45, 2.75) is 56.5 Å². The van der Waals surface area contributed by atoms with Crippen molar-refractivity contribution in [3.05, 3.63) is 53.3 Å². The summed E-state index contributed by atoms with van der Waals surface area (Å²) in [4.78, 5) is 16.3. The van der Waals surface area contributed by atoms with Gasteiger partial charge in [0.1, 0.15) is 35.7 Å². The number of halogens is 3. The lowest BCUT2D eigenvalue weighted by Crippen LogP contribution is -2.54. The van der Waals surface area contributed by atoms with Crippen LogP contribution in [0.1, 0.15) is 48.9 Å². The number of hydrogen-bond donors (Lipinski definition) is 1. The molecule has 1 fully saturated rings. The number of nitrogens with zero attached hydrogens (tertiary/aromatic N) is 2. The van der Waals surface area contributed by atoms with Gasteiger partial charge in [-0.1, -0.05) is 6.07 Å². The van der Waals surface area contributed by atoms with E-state index in [2.05, 4.69) is 16.4 Å². The summed E-state index contributed by atoms with van der Waals surface area (Å²) in [7, 11) is 0. The fourth-order valence-electron chi connectivity index (χ4n) is 3.92. The summed E-state index contributed by atoms with van der Waals surface area (Å²) in [6.07, 6.45) is -1.84. The third-order valence-corrected chi connectivity index (χ3v) is 5.72. The number of rotatable bonds is 5. The number of nitrogens with one attached hydrogen (secondary N) is 1. The van der Waals surface area contributed by atoms with Gasteiger partial charge in [-0.3, -0.25) is 9.78 Å². The van der Waals surface area contributed by atoms with E-state index in [-0.39, 0.29) is 18.1 Å². The van der Waals surface area contributed by atoms with Gasteiger partial charge < -0.3 is 14.8 Å². The van der Waals surface area contributed by atoms with Crippen LogP contribution >= 0.6 is 0 Å². The molecule has 2 atom stereocenters. The summed E-state index contributed by atoms with van der Waals surface area (Å²) in [5, 5.41) is 12.2. The molecule has 1 aromatic heterocycles. The van der Waals surface area contributed by atoms with Crippen molar-refractivity contribution < 1.29 is 27.4 Å². The topological polar surface area (TPSA) is 84.2 Å². The average Bonchev–Trinajstić information content (AvgIpc) is 3.03. The van der Waals surface area contributed by atoms with E-state index in [1.807, 2.05) is 0 Å². The minimum absolute atomic E-state index is 0.0876. The van der Waals surface area contributed by atoms with Crippen molar-refractivity contribution in [3.8, 4) is 17.6 Å². The van der Waals surface area contributed by atoms with Crippen molar-refractivity contribution in [1.29, 1.82) is 5.26 Å². The summed E-state index contributed by atoms with van der Waals surface area (Å²) in [5.41, 5.74) is -1.33. The number of carbonyl (C=O) groups is 1. The van der Waals surface area contributed by atoms with Gasteiger partial charge in [0.2, 0.25) is 5.91 Å².